The number of aliphatic hydroxyl groups excluding tert-OH is 1. The Morgan fingerprint density at radius 1 is 1.40 bits per heavy atom. The summed E-state index contributed by atoms with van der Waals surface area (Å²) in [4.78, 5) is 0. The van der Waals surface area contributed by atoms with Gasteiger partial charge >= 0.3 is 0 Å². The lowest BCUT2D eigenvalue weighted by Crippen LogP contribution is -2.40. The van der Waals surface area contributed by atoms with Crippen LogP contribution in [0, 0.1) is 11.3 Å². The van der Waals surface area contributed by atoms with Gasteiger partial charge in [-0.1, -0.05) is 19.1 Å². The van der Waals surface area contributed by atoms with Gasteiger partial charge < -0.3 is 9.84 Å². The molecule has 1 aromatic rings. The molecule has 0 saturated heterocycles. The molecule has 4 heteroatoms. The number of ether oxygens (including phenoxy) is 1. The molecule has 110 valence electrons. The minimum atomic E-state index is -0.439. The molecule has 0 bridgehead atoms. The number of aliphatic hydroxyl groups is 1. The van der Waals surface area contributed by atoms with E-state index in [0.29, 0.717) is 6.61 Å². The molecule has 20 heavy (non-hydrogen) atoms. The molecule has 0 aliphatic rings. The normalized spacial score (nSPS) is 13.5. The molecule has 0 aliphatic carbocycles. The minimum absolute atomic E-state index is 0.0282. The van der Waals surface area contributed by atoms with Gasteiger partial charge in [-0.25, -0.2) is 0 Å². The summed E-state index contributed by atoms with van der Waals surface area (Å²) in [5.41, 5.74) is 0.414. The van der Waals surface area contributed by atoms with Gasteiger partial charge in [-0.3, -0.25) is 5.32 Å². The van der Waals surface area contributed by atoms with E-state index in [9.17, 15) is 0 Å². The molecule has 0 aliphatic heterocycles. The lowest BCUT2D eigenvalue weighted by Gasteiger charge is -2.22. The Hall–Kier alpha value is -1.57. The number of nitrogens with zero attached hydrogens (tertiary/aromatic N) is 1. The molecule has 1 atom stereocenters. The van der Waals surface area contributed by atoms with Crippen LogP contribution >= 0.6 is 0 Å². The van der Waals surface area contributed by atoms with Crippen molar-refractivity contribution in [2.75, 3.05) is 13.2 Å². The molecule has 0 saturated carbocycles. The topological polar surface area (TPSA) is 65.3 Å². The van der Waals surface area contributed by atoms with Crippen molar-refractivity contribution < 1.29 is 9.84 Å². The number of nitrogens with one attached hydrogen (secondary N) is 1. The number of hydrogen-bond acceptors (Lipinski definition) is 4. The van der Waals surface area contributed by atoms with E-state index in [4.69, 9.17) is 15.1 Å². The maximum Gasteiger partial charge on any atom is 0.119 e. The molecule has 0 fully saturated rings. The van der Waals surface area contributed by atoms with Crippen LogP contribution in [0.2, 0.25) is 0 Å². The molecular formula is C16H24N2O2. The maximum absolute atomic E-state index is 9.14. The van der Waals surface area contributed by atoms with Crippen molar-refractivity contribution in [2.24, 2.45) is 0 Å². The highest BCUT2D eigenvalue weighted by Gasteiger charge is 2.21. The van der Waals surface area contributed by atoms with Crippen LogP contribution in [0.3, 0.4) is 0 Å². The van der Waals surface area contributed by atoms with Gasteiger partial charge in [-0.15, -0.1) is 0 Å². The van der Waals surface area contributed by atoms with Crippen molar-refractivity contribution in [2.45, 2.75) is 45.3 Å². The van der Waals surface area contributed by atoms with E-state index < -0.39 is 5.54 Å². The summed E-state index contributed by atoms with van der Waals surface area (Å²) in [5, 5.41) is 21.4. The molecule has 0 radical (unpaired) electrons. The average Bonchev–Trinajstić information content (AvgIpc) is 2.47. The van der Waals surface area contributed by atoms with Crippen LogP contribution in [-0.4, -0.2) is 23.8 Å². The van der Waals surface area contributed by atoms with Crippen LogP contribution in [-0.2, 0) is 6.61 Å². The summed E-state index contributed by atoms with van der Waals surface area (Å²) in [6.07, 6.45) is 2.67. The van der Waals surface area contributed by atoms with Crippen molar-refractivity contribution in [3.63, 3.8) is 0 Å². The van der Waals surface area contributed by atoms with E-state index >= 15 is 0 Å². The number of rotatable bonds is 9. The first-order valence-corrected chi connectivity index (χ1v) is 7.12. The Kier molecular flexibility index (Phi) is 7.06. The second-order valence-corrected chi connectivity index (χ2v) is 5.09. The zero-order valence-electron chi connectivity index (χ0n) is 12.4. The van der Waals surface area contributed by atoms with Crippen molar-refractivity contribution in [1.82, 2.24) is 5.32 Å². The summed E-state index contributed by atoms with van der Waals surface area (Å²) in [6, 6.07) is 9.79. The van der Waals surface area contributed by atoms with Gasteiger partial charge in [0, 0.05) is 0 Å². The first-order chi connectivity index (χ1) is 9.63. The fourth-order valence-electron chi connectivity index (χ4n) is 2.08. The molecule has 0 spiro atoms. The van der Waals surface area contributed by atoms with Gasteiger partial charge in [-0.2, -0.15) is 5.26 Å². The Balaban J connectivity index is 2.26. The Bertz CT molecular complexity index is 442. The molecule has 4 nitrogen and oxygen atoms in total. The minimum Gasteiger partial charge on any atom is -0.494 e. The molecule has 2 N–H and O–H groups in total. The second kappa shape index (κ2) is 8.57. The summed E-state index contributed by atoms with van der Waals surface area (Å²) in [5.74, 6) is 0.784. The van der Waals surface area contributed by atoms with Crippen LogP contribution in [0.5, 0.6) is 5.75 Å². The monoisotopic (exact) mass is 276 g/mol. The zero-order chi connectivity index (χ0) is 14.8. The van der Waals surface area contributed by atoms with E-state index in [2.05, 4.69) is 11.4 Å². The van der Waals surface area contributed by atoms with Crippen LogP contribution in [0.1, 0.15) is 38.7 Å². The van der Waals surface area contributed by atoms with E-state index in [-0.39, 0.29) is 6.61 Å². The summed E-state index contributed by atoms with van der Waals surface area (Å²) in [7, 11) is 0. The third-order valence-electron chi connectivity index (χ3n) is 3.23. The van der Waals surface area contributed by atoms with Crippen molar-refractivity contribution >= 4 is 0 Å². The van der Waals surface area contributed by atoms with Crippen molar-refractivity contribution in [3.05, 3.63) is 29.8 Å². The highest BCUT2D eigenvalue weighted by Crippen LogP contribution is 2.15. The van der Waals surface area contributed by atoms with Crippen LogP contribution in [0.25, 0.3) is 0 Å². The van der Waals surface area contributed by atoms with E-state index in [1.54, 1.807) is 0 Å². The number of benzene rings is 1. The van der Waals surface area contributed by atoms with Gasteiger partial charge in [0.05, 0.1) is 19.3 Å². The fourth-order valence-corrected chi connectivity index (χ4v) is 2.08. The van der Waals surface area contributed by atoms with Crippen molar-refractivity contribution in [3.8, 4) is 11.8 Å². The van der Waals surface area contributed by atoms with Crippen LogP contribution in [0.4, 0.5) is 0 Å². The molecule has 0 aromatic heterocycles. The van der Waals surface area contributed by atoms with Gasteiger partial charge in [0.2, 0.25) is 0 Å². The third-order valence-corrected chi connectivity index (χ3v) is 3.23. The van der Waals surface area contributed by atoms with Gasteiger partial charge in [-0.05, 0) is 50.4 Å². The number of hydrogen-bond donors (Lipinski definition) is 2. The van der Waals surface area contributed by atoms with Gasteiger partial charge in [0.15, 0.2) is 0 Å². The Morgan fingerprint density at radius 3 is 2.85 bits per heavy atom. The van der Waals surface area contributed by atoms with Crippen LogP contribution < -0.4 is 10.1 Å². The highest BCUT2D eigenvalue weighted by molar-refractivity contribution is 5.27. The molecule has 1 aromatic carbocycles. The Morgan fingerprint density at radius 2 is 2.20 bits per heavy atom. The second-order valence-electron chi connectivity index (χ2n) is 5.09. The first kappa shape index (κ1) is 16.5. The standard InChI is InChI=1S/C16H24N2O2/c1-3-18-16(2,13-17)9-4-5-10-20-15-8-6-7-14(11-15)12-19/h6-8,11,18-19H,3-5,9-10,12H2,1-2H3. The number of unbranched alkanes of at least 4 members (excludes halogenated alkanes) is 1. The van der Waals surface area contributed by atoms with Crippen molar-refractivity contribution in [1.29, 1.82) is 5.26 Å². The Labute approximate surface area is 121 Å². The van der Waals surface area contributed by atoms with E-state index in [0.717, 1.165) is 37.1 Å². The molecule has 0 amide bonds. The lowest BCUT2D eigenvalue weighted by atomic mass is 9.97. The average molecular weight is 276 g/mol. The quantitative estimate of drug-likeness (QED) is 0.680. The molecule has 1 rings (SSSR count). The summed E-state index contributed by atoms with van der Waals surface area (Å²) in [6.45, 7) is 5.40. The van der Waals surface area contributed by atoms with Gasteiger partial charge in [0.25, 0.3) is 0 Å². The predicted molar refractivity (Wildman–Crippen MR) is 79.4 cm³/mol. The van der Waals surface area contributed by atoms with E-state index in [1.807, 2.05) is 38.1 Å². The molecular weight excluding hydrogens is 252 g/mol. The molecule has 1 unspecified atom stereocenters. The lowest BCUT2D eigenvalue weighted by molar-refractivity contribution is 0.277. The van der Waals surface area contributed by atoms with Gasteiger partial charge in [0.1, 0.15) is 11.3 Å². The predicted octanol–water partition coefficient (Wildman–Crippen LogP) is 2.62. The molecule has 0 heterocycles. The highest BCUT2D eigenvalue weighted by atomic mass is 16.5. The van der Waals surface area contributed by atoms with E-state index in [1.165, 1.54) is 0 Å². The third kappa shape index (κ3) is 5.60. The number of nitriles is 1. The van der Waals surface area contributed by atoms with Crippen LogP contribution in [0.15, 0.2) is 24.3 Å². The fraction of sp³-hybridized carbons (Fsp3) is 0.562. The SMILES string of the molecule is CCNC(C)(C#N)CCCCOc1cccc(CO)c1. The zero-order valence-corrected chi connectivity index (χ0v) is 12.4. The maximum atomic E-state index is 9.14. The first-order valence-electron chi connectivity index (χ1n) is 7.12. The summed E-state index contributed by atoms with van der Waals surface area (Å²) >= 11 is 0. The smallest absolute Gasteiger partial charge is 0.119 e. The summed E-state index contributed by atoms with van der Waals surface area (Å²) < 4.78 is 5.64. The largest absolute Gasteiger partial charge is 0.494 e.